The second-order valence-corrected chi connectivity index (χ2v) is 4.12. The molecule has 0 radical (unpaired) electrons. The molecule has 0 saturated heterocycles. The molecule has 0 bridgehead atoms. The number of aromatic nitrogens is 2. The van der Waals surface area contributed by atoms with Crippen LogP contribution in [0.5, 0.6) is 0 Å². The number of anilines is 1. The van der Waals surface area contributed by atoms with Crippen LogP contribution < -0.4 is 5.32 Å². The molecule has 0 aliphatic rings. The number of rotatable bonds is 8. The van der Waals surface area contributed by atoms with Crippen molar-refractivity contribution in [1.29, 1.82) is 0 Å². The molecular formula is C14H19N3O3. The quantitative estimate of drug-likeness (QED) is 0.746. The molecule has 2 rings (SSSR count). The van der Waals surface area contributed by atoms with E-state index in [1.165, 1.54) is 0 Å². The summed E-state index contributed by atoms with van der Waals surface area (Å²) < 4.78 is 15.8. The van der Waals surface area contributed by atoms with E-state index in [2.05, 4.69) is 15.5 Å². The predicted molar refractivity (Wildman–Crippen MR) is 74.6 cm³/mol. The molecule has 1 aromatic carbocycles. The van der Waals surface area contributed by atoms with Gasteiger partial charge in [-0.05, 0) is 12.5 Å². The zero-order valence-corrected chi connectivity index (χ0v) is 11.7. The number of nitrogens with one attached hydrogen (secondary N) is 1. The van der Waals surface area contributed by atoms with Crippen LogP contribution in [0.15, 0.2) is 34.9 Å². The molecule has 0 amide bonds. The number of nitrogens with zero attached hydrogens (tertiary/aromatic N) is 2. The Kier molecular flexibility index (Phi) is 5.52. The molecule has 1 unspecified atom stereocenters. The van der Waals surface area contributed by atoms with Crippen LogP contribution in [-0.4, -0.2) is 37.0 Å². The highest BCUT2D eigenvalue weighted by molar-refractivity contribution is 5.25. The lowest BCUT2D eigenvalue weighted by molar-refractivity contribution is 0.0833. The number of hydrogen-bond acceptors (Lipinski definition) is 6. The van der Waals surface area contributed by atoms with Gasteiger partial charge in [0.05, 0.1) is 6.61 Å². The van der Waals surface area contributed by atoms with Crippen molar-refractivity contribution in [3.8, 4) is 0 Å². The van der Waals surface area contributed by atoms with Gasteiger partial charge in [-0.15, -0.1) is 0 Å². The molecule has 2 aromatic rings. The monoisotopic (exact) mass is 277 g/mol. The molecule has 0 saturated carbocycles. The largest absolute Gasteiger partial charge is 0.383 e. The fraction of sp³-hybridized carbons (Fsp3) is 0.429. The van der Waals surface area contributed by atoms with Crippen LogP contribution in [0.25, 0.3) is 0 Å². The standard InChI is InChI=1S/C14H19N3O3/c1-3-19-12(11-7-5-4-6-8-11)13-16-14(20-17-13)15-9-10-18-2/h4-8,12H,3,9-10H2,1-2H3,(H,15,16,17). The van der Waals surface area contributed by atoms with Gasteiger partial charge >= 0.3 is 6.01 Å². The fourth-order valence-electron chi connectivity index (χ4n) is 1.79. The molecule has 0 aliphatic carbocycles. The first-order valence-corrected chi connectivity index (χ1v) is 6.58. The van der Waals surface area contributed by atoms with Gasteiger partial charge in [0.1, 0.15) is 6.10 Å². The first-order chi connectivity index (χ1) is 9.85. The van der Waals surface area contributed by atoms with Crippen molar-refractivity contribution in [2.75, 3.05) is 32.2 Å². The highest BCUT2D eigenvalue weighted by Gasteiger charge is 2.20. The molecule has 1 N–H and O–H groups in total. The van der Waals surface area contributed by atoms with E-state index < -0.39 is 0 Å². The molecule has 108 valence electrons. The molecule has 20 heavy (non-hydrogen) atoms. The van der Waals surface area contributed by atoms with E-state index in [4.69, 9.17) is 14.0 Å². The van der Waals surface area contributed by atoms with E-state index in [0.29, 0.717) is 31.6 Å². The maximum absolute atomic E-state index is 5.72. The third-order valence-corrected chi connectivity index (χ3v) is 2.69. The predicted octanol–water partition coefficient (Wildman–Crippen LogP) is 2.25. The summed E-state index contributed by atoms with van der Waals surface area (Å²) in [5.41, 5.74) is 0.999. The van der Waals surface area contributed by atoms with Crippen molar-refractivity contribution in [2.45, 2.75) is 13.0 Å². The Bertz CT molecular complexity index is 501. The number of ether oxygens (including phenoxy) is 2. The summed E-state index contributed by atoms with van der Waals surface area (Å²) in [4.78, 5) is 4.31. The minimum atomic E-state index is -0.317. The van der Waals surface area contributed by atoms with Crippen LogP contribution in [-0.2, 0) is 9.47 Å². The Morgan fingerprint density at radius 3 is 2.80 bits per heavy atom. The molecule has 6 nitrogen and oxygen atoms in total. The highest BCUT2D eigenvalue weighted by atomic mass is 16.5. The first kappa shape index (κ1) is 14.5. The topological polar surface area (TPSA) is 69.4 Å². The molecular weight excluding hydrogens is 258 g/mol. The third kappa shape index (κ3) is 3.79. The number of benzene rings is 1. The normalized spacial score (nSPS) is 12.3. The van der Waals surface area contributed by atoms with Crippen LogP contribution in [0.3, 0.4) is 0 Å². The minimum Gasteiger partial charge on any atom is -0.383 e. The summed E-state index contributed by atoms with van der Waals surface area (Å²) in [6, 6.07) is 10.2. The van der Waals surface area contributed by atoms with Gasteiger partial charge in [0.2, 0.25) is 5.82 Å². The van der Waals surface area contributed by atoms with Crippen molar-refractivity contribution in [3.63, 3.8) is 0 Å². The van der Waals surface area contributed by atoms with Gasteiger partial charge in [0.15, 0.2) is 0 Å². The molecule has 0 fully saturated rings. The maximum Gasteiger partial charge on any atom is 0.321 e. The number of hydrogen-bond donors (Lipinski definition) is 1. The number of methoxy groups -OCH3 is 1. The lowest BCUT2D eigenvalue weighted by atomic mass is 10.1. The van der Waals surface area contributed by atoms with Gasteiger partial charge in [-0.25, -0.2) is 0 Å². The zero-order valence-electron chi connectivity index (χ0n) is 11.7. The fourth-order valence-corrected chi connectivity index (χ4v) is 1.79. The summed E-state index contributed by atoms with van der Waals surface area (Å²) in [5.74, 6) is 0.512. The second kappa shape index (κ2) is 7.62. The second-order valence-electron chi connectivity index (χ2n) is 4.12. The zero-order chi connectivity index (χ0) is 14.2. The van der Waals surface area contributed by atoms with Crippen LogP contribution in [0.1, 0.15) is 24.4 Å². The highest BCUT2D eigenvalue weighted by Crippen LogP contribution is 2.24. The summed E-state index contributed by atoms with van der Waals surface area (Å²) in [6.07, 6.45) is -0.317. The van der Waals surface area contributed by atoms with Gasteiger partial charge in [-0.3, -0.25) is 0 Å². The van der Waals surface area contributed by atoms with Crippen molar-refractivity contribution < 1.29 is 14.0 Å². The molecule has 1 heterocycles. The van der Waals surface area contributed by atoms with Crippen LogP contribution in [0.2, 0.25) is 0 Å². The lowest BCUT2D eigenvalue weighted by Gasteiger charge is -2.13. The van der Waals surface area contributed by atoms with Gasteiger partial charge in [-0.2, -0.15) is 4.98 Å². The average Bonchev–Trinajstić information content (AvgIpc) is 2.94. The Morgan fingerprint density at radius 1 is 1.30 bits per heavy atom. The van der Waals surface area contributed by atoms with Crippen molar-refractivity contribution >= 4 is 6.01 Å². The summed E-state index contributed by atoms with van der Waals surface area (Å²) in [6.45, 7) is 3.70. The van der Waals surface area contributed by atoms with Crippen LogP contribution in [0, 0.1) is 0 Å². The molecule has 1 atom stereocenters. The van der Waals surface area contributed by atoms with Crippen molar-refractivity contribution in [1.82, 2.24) is 10.1 Å². The van der Waals surface area contributed by atoms with E-state index in [-0.39, 0.29) is 6.10 Å². The van der Waals surface area contributed by atoms with E-state index in [9.17, 15) is 0 Å². The molecule has 6 heteroatoms. The van der Waals surface area contributed by atoms with Crippen LogP contribution in [0.4, 0.5) is 6.01 Å². The SMILES string of the molecule is CCOC(c1ccccc1)c1noc(NCCOC)n1. The van der Waals surface area contributed by atoms with Gasteiger partial charge in [-0.1, -0.05) is 35.5 Å². The first-order valence-electron chi connectivity index (χ1n) is 6.58. The van der Waals surface area contributed by atoms with E-state index in [1.54, 1.807) is 7.11 Å². The van der Waals surface area contributed by atoms with Gasteiger partial charge in [0, 0.05) is 20.3 Å². The van der Waals surface area contributed by atoms with Gasteiger partial charge in [0.25, 0.3) is 0 Å². The smallest absolute Gasteiger partial charge is 0.321 e. The Morgan fingerprint density at radius 2 is 2.10 bits per heavy atom. The Hall–Kier alpha value is -1.92. The van der Waals surface area contributed by atoms with Gasteiger partial charge < -0.3 is 19.3 Å². The summed E-state index contributed by atoms with van der Waals surface area (Å²) >= 11 is 0. The molecule has 0 spiro atoms. The third-order valence-electron chi connectivity index (χ3n) is 2.69. The Labute approximate surface area is 118 Å². The van der Waals surface area contributed by atoms with Crippen molar-refractivity contribution in [2.24, 2.45) is 0 Å². The molecule has 0 aliphatic heterocycles. The van der Waals surface area contributed by atoms with E-state index >= 15 is 0 Å². The minimum absolute atomic E-state index is 0.317. The van der Waals surface area contributed by atoms with E-state index in [0.717, 1.165) is 5.56 Å². The summed E-state index contributed by atoms with van der Waals surface area (Å²) in [7, 11) is 1.64. The average molecular weight is 277 g/mol. The van der Waals surface area contributed by atoms with E-state index in [1.807, 2.05) is 37.3 Å². The summed E-state index contributed by atoms with van der Waals surface area (Å²) in [5, 5.41) is 6.97. The van der Waals surface area contributed by atoms with Crippen LogP contribution >= 0.6 is 0 Å². The maximum atomic E-state index is 5.72. The molecule has 1 aromatic heterocycles. The van der Waals surface area contributed by atoms with Crippen molar-refractivity contribution in [3.05, 3.63) is 41.7 Å². The Balaban J connectivity index is 2.10. The lowest BCUT2D eigenvalue weighted by Crippen LogP contribution is -2.09.